The Bertz CT molecular complexity index is 555. The molecule has 0 unspecified atom stereocenters. The van der Waals surface area contributed by atoms with E-state index >= 15 is 0 Å². The smallest absolute Gasteiger partial charge is 0.317 e. The van der Waals surface area contributed by atoms with E-state index in [4.69, 9.17) is 4.42 Å². The van der Waals surface area contributed by atoms with Gasteiger partial charge in [-0.3, -0.25) is 4.79 Å². The predicted octanol–water partition coefficient (Wildman–Crippen LogP) is 1.73. The normalized spacial score (nSPS) is 26.5. The predicted molar refractivity (Wildman–Crippen MR) is 81.0 cm³/mol. The minimum absolute atomic E-state index is 0.00155. The lowest BCUT2D eigenvalue weighted by molar-refractivity contribution is -0.123. The van der Waals surface area contributed by atoms with Crippen LogP contribution in [0.5, 0.6) is 0 Å². The quantitative estimate of drug-likeness (QED) is 0.889. The molecular weight excluding hydrogens is 282 g/mol. The fourth-order valence-corrected chi connectivity index (χ4v) is 3.29. The van der Waals surface area contributed by atoms with Crippen LogP contribution >= 0.6 is 0 Å². The van der Waals surface area contributed by atoms with E-state index in [1.165, 1.54) is 0 Å². The van der Waals surface area contributed by atoms with Crippen LogP contribution in [-0.4, -0.2) is 36.0 Å². The largest absolute Gasteiger partial charge is 0.467 e. The number of nitrogens with zero attached hydrogens (tertiary/aromatic N) is 1. The summed E-state index contributed by atoms with van der Waals surface area (Å²) >= 11 is 0. The average molecular weight is 305 g/mol. The summed E-state index contributed by atoms with van der Waals surface area (Å²) in [4.78, 5) is 26.1. The molecule has 0 radical (unpaired) electrons. The van der Waals surface area contributed by atoms with Crippen molar-refractivity contribution in [3.8, 4) is 0 Å². The van der Waals surface area contributed by atoms with Crippen LogP contribution in [-0.2, 0) is 11.3 Å². The lowest BCUT2D eigenvalue weighted by atomic mass is 10.0. The second kappa shape index (κ2) is 5.66. The maximum Gasteiger partial charge on any atom is 0.317 e. The lowest BCUT2D eigenvalue weighted by Gasteiger charge is -2.19. The van der Waals surface area contributed by atoms with Gasteiger partial charge in [0.2, 0.25) is 5.91 Å². The van der Waals surface area contributed by atoms with Crippen LogP contribution in [0, 0.1) is 11.3 Å². The molecule has 1 aliphatic heterocycles. The van der Waals surface area contributed by atoms with Crippen molar-refractivity contribution in [2.24, 2.45) is 11.3 Å². The summed E-state index contributed by atoms with van der Waals surface area (Å²) in [6, 6.07) is 3.77. The second-order valence-corrected chi connectivity index (χ2v) is 6.69. The molecule has 1 saturated carbocycles. The summed E-state index contributed by atoms with van der Waals surface area (Å²) in [7, 11) is 0. The van der Waals surface area contributed by atoms with Gasteiger partial charge in [-0.2, -0.15) is 0 Å². The Morgan fingerprint density at radius 3 is 3.00 bits per heavy atom. The maximum absolute atomic E-state index is 12.2. The average Bonchev–Trinajstić information content (AvgIpc) is 2.81. The first-order chi connectivity index (χ1) is 10.5. The van der Waals surface area contributed by atoms with Crippen LogP contribution in [0.4, 0.5) is 4.79 Å². The summed E-state index contributed by atoms with van der Waals surface area (Å²) in [5.74, 6) is 0.856. The SMILES string of the molecule is CC(C)NC(=O)N1CC[C@@]2(C[C@H]2C(=O)NCc2ccco2)C1. The lowest BCUT2D eigenvalue weighted by Crippen LogP contribution is -2.42. The molecule has 2 atom stereocenters. The van der Waals surface area contributed by atoms with Crippen molar-refractivity contribution in [3.05, 3.63) is 24.2 Å². The van der Waals surface area contributed by atoms with E-state index in [-0.39, 0.29) is 29.3 Å². The molecule has 1 aliphatic carbocycles. The second-order valence-electron chi connectivity index (χ2n) is 6.69. The molecule has 2 N–H and O–H groups in total. The number of amides is 3. The number of carbonyl (C=O) groups is 2. The summed E-state index contributed by atoms with van der Waals surface area (Å²) in [6.07, 6.45) is 3.39. The molecular formula is C16H23N3O3. The van der Waals surface area contributed by atoms with Crippen LogP contribution in [0.25, 0.3) is 0 Å². The number of rotatable bonds is 4. The number of urea groups is 1. The van der Waals surface area contributed by atoms with Gasteiger partial charge in [-0.15, -0.1) is 0 Å². The van der Waals surface area contributed by atoms with E-state index in [1.54, 1.807) is 6.26 Å². The Hall–Kier alpha value is -1.98. The zero-order valence-electron chi connectivity index (χ0n) is 13.1. The first-order valence-electron chi connectivity index (χ1n) is 7.86. The van der Waals surface area contributed by atoms with Crippen molar-refractivity contribution in [1.82, 2.24) is 15.5 Å². The molecule has 2 heterocycles. The van der Waals surface area contributed by atoms with Gasteiger partial charge in [-0.1, -0.05) is 0 Å². The standard InChI is InChI=1S/C16H23N3O3/c1-11(2)18-15(21)19-6-5-16(10-19)8-13(16)14(20)17-9-12-4-3-7-22-12/h3-4,7,11,13H,5-6,8-10H2,1-2H3,(H,17,20)(H,18,21)/t13-,16+/m0/s1. The number of furan rings is 1. The molecule has 1 saturated heterocycles. The van der Waals surface area contributed by atoms with E-state index in [2.05, 4.69) is 10.6 Å². The molecule has 1 aromatic heterocycles. The fourth-order valence-electron chi connectivity index (χ4n) is 3.29. The van der Waals surface area contributed by atoms with Crippen LogP contribution in [0.1, 0.15) is 32.4 Å². The van der Waals surface area contributed by atoms with Crippen LogP contribution in [0.15, 0.2) is 22.8 Å². The third-order valence-corrected chi connectivity index (χ3v) is 4.61. The van der Waals surface area contributed by atoms with Gasteiger partial charge in [0.1, 0.15) is 5.76 Å². The van der Waals surface area contributed by atoms with Gasteiger partial charge in [0.15, 0.2) is 0 Å². The van der Waals surface area contributed by atoms with Crippen LogP contribution < -0.4 is 10.6 Å². The molecule has 1 aromatic rings. The van der Waals surface area contributed by atoms with Crippen molar-refractivity contribution < 1.29 is 14.0 Å². The molecule has 2 fully saturated rings. The third-order valence-electron chi connectivity index (χ3n) is 4.61. The summed E-state index contributed by atoms with van der Waals surface area (Å²) in [6.45, 7) is 5.75. The van der Waals surface area contributed by atoms with Gasteiger partial charge in [-0.05, 0) is 38.8 Å². The van der Waals surface area contributed by atoms with Crippen LogP contribution in [0.2, 0.25) is 0 Å². The molecule has 0 aromatic carbocycles. The monoisotopic (exact) mass is 305 g/mol. The van der Waals surface area contributed by atoms with Gasteiger partial charge in [-0.25, -0.2) is 4.79 Å². The summed E-state index contributed by atoms with van der Waals surface area (Å²) in [5.41, 5.74) is 0.00155. The van der Waals surface area contributed by atoms with Gasteiger partial charge < -0.3 is 20.0 Å². The van der Waals surface area contributed by atoms with E-state index in [1.807, 2.05) is 30.9 Å². The van der Waals surface area contributed by atoms with Crippen molar-refractivity contribution >= 4 is 11.9 Å². The third kappa shape index (κ3) is 2.96. The maximum atomic E-state index is 12.2. The zero-order chi connectivity index (χ0) is 15.7. The highest BCUT2D eigenvalue weighted by Gasteiger charge is 2.61. The van der Waals surface area contributed by atoms with Crippen molar-refractivity contribution in [2.75, 3.05) is 13.1 Å². The highest BCUT2D eigenvalue weighted by Crippen LogP contribution is 2.58. The van der Waals surface area contributed by atoms with Crippen molar-refractivity contribution in [1.29, 1.82) is 0 Å². The van der Waals surface area contributed by atoms with Crippen molar-refractivity contribution in [3.63, 3.8) is 0 Å². The van der Waals surface area contributed by atoms with E-state index in [0.29, 0.717) is 13.1 Å². The molecule has 0 bridgehead atoms. The van der Waals surface area contributed by atoms with E-state index < -0.39 is 0 Å². The summed E-state index contributed by atoms with van der Waals surface area (Å²) < 4.78 is 5.21. The Morgan fingerprint density at radius 2 is 2.32 bits per heavy atom. The van der Waals surface area contributed by atoms with E-state index in [0.717, 1.165) is 25.1 Å². The minimum atomic E-state index is -0.0199. The molecule has 2 aliphatic rings. The van der Waals surface area contributed by atoms with Gasteiger partial charge >= 0.3 is 6.03 Å². The molecule has 22 heavy (non-hydrogen) atoms. The zero-order valence-corrected chi connectivity index (χ0v) is 13.1. The minimum Gasteiger partial charge on any atom is -0.467 e. The Morgan fingerprint density at radius 1 is 1.50 bits per heavy atom. The molecule has 3 amide bonds. The summed E-state index contributed by atoms with van der Waals surface area (Å²) in [5, 5.41) is 5.83. The molecule has 6 nitrogen and oxygen atoms in total. The number of nitrogens with one attached hydrogen (secondary N) is 2. The first-order valence-corrected chi connectivity index (χ1v) is 7.86. The van der Waals surface area contributed by atoms with E-state index in [9.17, 15) is 9.59 Å². The Labute approximate surface area is 130 Å². The molecule has 1 spiro atoms. The molecule has 3 rings (SSSR count). The highest BCUT2D eigenvalue weighted by atomic mass is 16.3. The number of hydrogen-bond acceptors (Lipinski definition) is 3. The van der Waals surface area contributed by atoms with Gasteiger partial charge in [0.05, 0.1) is 12.8 Å². The fraction of sp³-hybridized carbons (Fsp3) is 0.625. The molecule has 6 heteroatoms. The number of carbonyl (C=O) groups excluding carboxylic acids is 2. The Kier molecular flexibility index (Phi) is 3.85. The highest BCUT2D eigenvalue weighted by molar-refractivity contribution is 5.83. The number of hydrogen-bond donors (Lipinski definition) is 2. The van der Waals surface area contributed by atoms with Crippen LogP contribution in [0.3, 0.4) is 0 Å². The van der Waals surface area contributed by atoms with Gasteiger partial charge in [0.25, 0.3) is 0 Å². The number of likely N-dealkylation sites (tertiary alicyclic amines) is 1. The topological polar surface area (TPSA) is 74.6 Å². The first kappa shape index (κ1) is 14.9. The van der Waals surface area contributed by atoms with Gasteiger partial charge in [0, 0.05) is 30.5 Å². The van der Waals surface area contributed by atoms with Crippen molar-refractivity contribution in [2.45, 2.75) is 39.3 Å². The molecule has 120 valence electrons. The Balaban J connectivity index is 1.49.